The Balaban J connectivity index is 0.00000261. The smallest absolute Gasteiger partial charge is 0.254 e. The van der Waals surface area contributed by atoms with E-state index in [1.807, 2.05) is 4.90 Å². The Morgan fingerprint density at radius 3 is 2.00 bits per heavy atom. The molecule has 150 valence electrons. The highest BCUT2D eigenvalue weighted by atomic mass is 35.5. The molecule has 0 aromatic heterocycles. The summed E-state index contributed by atoms with van der Waals surface area (Å²) in [6.45, 7) is 2.20. The van der Waals surface area contributed by atoms with Gasteiger partial charge in [-0.2, -0.15) is 0 Å². The lowest BCUT2D eigenvalue weighted by molar-refractivity contribution is -0.136. The second kappa shape index (κ2) is 9.28. The highest BCUT2D eigenvalue weighted by Gasteiger charge is 2.33. The van der Waals surface area contributed by atoms with Gasteiger partial charge in [0, 0.05) is 49.8 Å². The first-order valence-corrected chi connectivity index (χ1v) is 9.08. The van der Waals surface area contributed by atoms with Crippen LogP contribution in [0.3, 0.4) is 0 Å². The minimum atomic E-state index is -0.0720. The number of nitrogens with two attached hydrogens (primary N) is 1. The number of methoxy groups -OCH3 is 2. The van der Waals surface area contributed by atoms with Gasteiger partial charge >= 0.3 is 0 Å². The van der Waals surface area contributed by atoms with E-state index in [2.05, 4.69) is 0 Å². The first-order valence-electron chi connectivity index (χ1n) is 9.08. The summed E-state index contributed by atoms with van der Waals surface area (Å²) in [5.41, 5.74) is 6.45. The Morgan fingerprint density at radius 2 is 1.52 bits per heavy atom. The number of piperazine rings is 1. The molecule has 27 heavy (non-hydrogen) atoms. The summed E-state index contributed by atoms with van der Waals surface area (Å²) in [6.07, 6.45) is 2.58. The fourth-order valence-electron chi connectivity index (χ4n) is 3.74. The van der Waals surface area contributed by atoms with Crippen LogP contribution in [0.1, 0.15) is 29.6 Å². The zero-order valence-corrected chi connectivity index (χ0v) is 16.7. The van der Waals surface area contributed by atoms with Crippen LogP contribution in [0, 0.1) is 5.92 Å². The number of hydrogen-bond acceptors (Lipinski definition) is 5. The first-order chi connectivity index (χ1) is 12.5. The molecule has 2 amide bonds. The Hall–Kier alpha value is -1.99. The Morgan fingerprint density at radius 1 is 0.963 bits per heavy atom. The highest BCUT2D eigenvalue weighted by Crippen LogP contribution is 2.27. The van der Waals surface area contributed by atoms with Gasteiger partial charge in [0.05, 0.1) is 14.2 Å². The van der Waals surface area contributed by atoms with Gasteiger partial charge in [0.1, 0.15) is 11.5 Å². The molecule has 0 spiro atoms. The van der Waals surface area contributed by atoms with Gasteiger partial charge in [-0.05, 0) is 31.4 Å². The largest absolute Gasteiger partial charge is 0.497 e. The van der Waals surface area contributed by atoms with Gasteiger partial charge < -0.3 is 25.0 Å². The summed E-state index contributed by atoms with van der Waals surface area (Å²) in [6, 6.07) is 5.31. The maximum atomic E-state index is 12.8. The monoisotopic (exact) mass is 397 g/mol. The van der Waals surface area contributed by atoms with Crippen LogP contribution >= 0.6 is 12.4 Å². The van der Waals surface area contributed by atoms with Gasteiger partial charge in [0.25, 0.3) is 5.91 Å². The van der Waals surface area contributed by atoms with Crippen LogP contribution < -0.4 is 15.2 Å². The molecule has 7 nitrogen and oxygen atoms in total. The molecule has 2 N–H and O–H groups in total. The van der Waals surface area contributed by atoms with E-state index in [9.17, 15) is 9.59 Å². The SMILES string of the molecule is COc1cc(OC)cc(C(=O)N2CCN(C(=O)C3CCC(N)C3)CC2)c1.Cl. The number of hydrogen-bond donors (Lipinski definition) is 1. The van der Waals surface area contributed by atoms with Gasteiger partial charge in [-0.3, -0.25) is 9.59 Å². The number of nitrogens with zero attached hydrogens (tertiary/aromatic N) is 2. The lowest BCUT2D eigenvalue weighted by Crippen LogP contribution is -2.51. The van der Waals surface area contributed by atoms with E-state index in [4.69, 9.17) is 15.2 Å². The second-order valence-corrected chi connectivity index (χ2v) is 6.99. The van der Waals surface area contributed by atoms with Crippen molar-refractivity contribution in [1.82, 2.24) is 9.80 Å². The van der Waals surface area contributed by atoms with Crippen molar-refractivity contribution in [2.45, 2.75) is 25.3 Å². The number of rotatable bonds is 4. The molecule has 1 saturated heterocycles. The zero-order valence-electron chi connectivity index (χ0n) is 15.8. The predicted molar refractivity (Wildman–Crippen MR) is 105 cm³/mol. The van der Waals surface area contributed by atoms with E-state index >= 15 is 0 Å². The lowest BCUT2D eigenvalue weighted by Gasteiger charge is -2.36. The fraction of sp³-hybridized carbons (Fsp3) is 0.579. The fourth-order valence-corrected chi connectivity index (χ4v) is 3.74. The van der Waals surface area contributed by atoms with Crippen molar-refractivity contribution < 1.29 is 19.1 Å². The van der Waals surface area contributed by atoms with E-state index in [1.54, 1.807) is 37.3 Å². The molecule has 8 heteroatoms. The van der Waals surface area contributed by atoms with Gasteiger partial charge in [0.2, 0.25) is 5.91 Å². The van der Waals surface area contributed by atoms with Crippen molar-refractivity contribution in [1.29, 1.82) is 0 Å². The Bertz CT molecular complexity index is 655. The maximum absolute atomic E-state index is 12.8. The molecule has 0 bridgehead atoms. The minimum absolute atomic E-state index is 0. The van der Waals surface area contributed by atoms with Crippen LogP contribution in [-0.4, -0.2) is 68.1 Å². The van der Waals surface area contributed by atoms with Crippen LogP contribution in [0.5, 0.6) is 11.5 Å². The van der Waals surface area contributed by atoms with Crippen LogP contribution in [0.4, 0.5) is 0 Å². The Kier molecular flexibility index (Phi) is 7.33. The topological polar surface area (TPSA) is 85.1 Å². The maximum Gasteiger partial charge on any atom is 0.254 e. The summed E-state index contributed by atoms with van der Waals surface area (Å²) in [5.74, 6) is 1.33. The molecule has 2 aliphatic rings. The van der Waals surface area contributed by atoms with Crippen molar-refractivity contribution in [3.05, 3.63) is 23.8 Å². The first kappa shape index (κ1) is 21.3. The summed E-state index contributed by atoms with van der Waals surface area (Å²) >= 11 is 0. The second-order valence-electron chi connectivity index (χ2n) is 6.99. The van der Waals surface area contributed by atoms with Crippen molar-refractivity contribution >= 4 is 24.2 Å². The molecule has 1 aromatic carbocycles. The Labute approximate surface area is 166 Å². The number of carbonyl (C=O) groups is 2. The molecule has 3 rings (SSSR count). The molecule has 1 aliphatic heterocycles. The average molecular weight is 398 g/mol. The lowest BCUT2D eigenvalue weighted by atomic mass is 10.1. The molecule has 2 atom stereocenters. The molecular weight excluding hydrogens is 370 g/mol. The molecular formula is C19H28ClN3O4. The van der Waals surface area contributed by atoms with Crippen LogP contribution in [0.2, 0.25) is 0 Å². The van der Waals surface area contributed by atoms with Crippen molar-refractivity contribution in [2.75, 3.05) is 40.4 Å². The molecule has 1 heterocycles. The van der Waals surface area contributed by atoms with E-state index in [0.717, 1.165) is 19.3 Å². The van der Waals surface area contributed by atoms with Crippen LogP contribution in [-0.2, 0) is 4.79 Å². The summed E-state index contributed by atoms with van der Waals surface area (Å²) in [5, 5.41) is 0. The summed E-state index contributed by atoms with van der Waals surface area (Å²) in [4.78, 5) is 29.0. The molecule has 2 fully saturated rings. The number of ether oxygens (including phenoxy) is 2. The van der Waals surface area contributed by atoms with Crippen molar-refractivity contribution in [3.63, 3.8) is 0 Å². The van der Waals surface area contributed by atoms with Crippen molar-refractivity contribution in [3.8, 4) is 11.5 Å². The number of halogens is 1. The van der Waals surface area contributed by atoms with E-state index in [-0.39, 0.29) is 36.2 Å². The summed E-state index contributed by atoms with van der Waals surface area (Å²) in [7, 11) is 3.12. The summed E-state index contributed by atoms with van der Waals surface area (Å²) < 4.78 is 10.5. The minimum Gasteiger partial charge on any atom is -0.497 e. The third-order valence-corrected chi connectivity index (χ3v) is 5.30. The van der Waals surface area contributed by atoms with E-state index in [0.29, 0.717) is 43.2 Å². The van der Waals surface area contributed by atoms with Crippen LogP contribution in [0.25, 0.3) is 0 Å². The van der Waals surface area contributed by atoms with Gasteiger partial charge in [-0.1, -0.05) is 0 Å². The highest BCUT2D eigenvalue weighted by molar-refractivity contribution is 5.95. The van der Waals surface area contributed by atoms with Gasteiger partial charge in [-0.25, -0.2) is 0 Å². The zero-order chi connectivity index (χ0) is 18.7. The number of amides is 2. The molecule has 2 unspecified atom stereocenters. The van der Waals surface area contributed by atoms with E-state index in [1.165, 1.54) is 0 Å². The van der Waals surface area contributed by atoms with Gasteiger partial charge in [0.15, 0.2) is 0 Å². The number of benzene rings is 1. The normalized spacial score (nSPS) is 22.2. The van der Waals surface area contributed by atoms with Gasteiger partial charge in [-0.15, -0.1) is 12.4 Å². The molecule has 1 saturated carbocycles. The third kappa shape index (κ3) is 4.84. The van der Waals surface area contributed by atoms with Crippen LogP contribution in [0.15, 0.2) is 18.2 Å². The quantitative estimate of drug-likeness (QED) is 0.832. The molecule has 1 aliphatic carbocycles. The molecule has 1 aromatic rings. The number of carbonyl (C=O) groups excluding carboxylic acids is 2. The standard InChI is InChI=1S/C19H27N3O4.ClH/c1-25-16-10-14(11-17(12-16)26-2)19(24)22-7-5-21(6-8-22)18(23)13-3-4-15(20)9-13;/h10-13,15H,3-9,20H2,1-2H3;1H. The third-order valence-electron chi connectivity index (χ3n) is 5.30. The predicted octanol–water partition coefficient (Wildman–Crippen LogP) is 1.54. The van der Waals surface area contributed by atoms with Crippen molar-refractivity contribution in [2.24, 2.45) is 11.7 Å². The average Bonchev–Trinajstić information content (AvgIpc) is 3.12. The van der Waals surface area contributed by atoms with E-state index < -0.39 is 0 Å². The molecule has 0 radical (unpaired) electrons.